The van der Waals surface area contributed by atoms with E-state index in [-0.39, 0.29) is 5.91 Å². The Bertz CT molecular complexity index is 445. The van der Waals surface area contributed by atoms with Crippen LogP contribution >= 0.6 is 0 Å². The van der Waals surface area contributed by atoms with Crippen molar-refractivity contribution >= 4 is 5.91 Å². The second-order valence-electron chi connectivity index (χ2n) is 4.95. The molecule has 18 heavy (non-hydrogen) atoms. The number of nitrogens with zero attached hydrogens (tertiary/aromatic N) is 2. The van der Waals surface area contributed by atoms with Crippen LogP contribution in [0.3, 0.4) is 0 Å². The monoisotopic (exact) mass is 247 g/mol. The van der Waals surface area contributed by atoms with Crippen molar-refractivity contribution in [2.75, 3.05) is 13.1 Å². The standard InChI is InChI=1S/C14H21N3O/c1-3-11-6-7-17(9-11)14(18)13-5-4-12(8-15)16-10(13)2/h4-5,11H,3,6-9,15H2,1-2H3/t11-/m0/s1. The predicted molar refractivity (Wildman–Crippen MR) is 71.2 cm³/mol. The van der Waals surface area contributed by atoms with Gasteiger partial charge in [0.05, 0.1) is 17.0 Å². The lowest BCUT2D eigenvalue weighted by Crippen LogP contribution is -2.29. The lowest BCUT2D eigenvalue weighted by atomic mass is 10.1. The van der Waals surface area contributed by atoms with Gasteiger partial charge in [-0.3, -0.25) is 9.78 Å². The van der Waals surface area contributed by atoms with Crippen molar-refractivity contribution in [3.63, 3.8) is 0 Å². The molecule has 2 heterocycles. The van der Waals surface area contributed by atoms with Gasteiger partial charge in [-0.15, -0.1) is 0 Å². The van der Waals surface area contributed by atoms with Crippen molar-refractivity contribution in [3.8, 4) is 0 Å². The van der Waals surface area contributed by atoms with E-state index in [2.05, 4.69) is 11.9 Å². The fraction of sp³-hybridized carbons (Fsp3) is 0.571. The van der Waals surface area contributed by atoms with Gasteiger partial charge in [0.2, 0.25) is 0 Å². The average Bonchev–Trinajstić information content (AvgIpc) is 2.86. The van der Waals surface area contributed by atoms with E-state index in [4.69, 9.17) is 5.73 Å². The van der Waals surface area contributed by atoms with Gasteiger partial charge in [0.1, 0.15) is 0 Å². The van der Waals surface area contributed by atoms with Gasteiger partial charge in [-0.05, 0) is 31.4 Å². The van der Waals surface area contributed by atoms with E-state index < -0.39 is 0 Å². The van der Waals surface area contributed by atoms with Crippen LogP contribution in [-0.4, -0.2) is 28.9 Å². The van der Waals surface area contributed by atoms with E-state index in [0.717, 1.165) is 37.3 Å². The van der Waals surface area contributed by atoms with Crippen molar-refractivity contribution < 1.29 is 4.79 Å². The van der Waals surface area contributed by atoms with E-state index >= 15 is 0 Å². The minimum absolute atomic E-state index is 0.111. The van der Waals surface area contributed by atoms with Crippen LogP contribution in [0.15, 0.2) is 12.1 Å². The first-order valence-electron chi connectivity index (χ1n) is 6.61. The number of aromatic nitrogens is 1. The molecule has 0 aromatic carbocycles. The van der Waals surface area contributed by atoms with Crippen molar-refractivity contribution in [1.82, 2.24) is 9.88 Å². The van der Waals surface area contributed by atoms with Gasteiger partial charge in [-0.25, -0.2) is 0 Å². The fourth-order valence-corrected chi connectivity index (χ4v) is 2.47. The highest BCUT2D eigenvalue weighted by Crippen LogP contribution is 2.21. The Morgan fingerprint density at radius 1 is 1.56 bits per heavy atom. The third kappa shape index (κ3) is 2.53. The summed E-state index contributed by atoms with van der Waals surface area (Å²) in [5.41, 5.74) is 7.87. The molecule has 0 saturated carbocycles. The number of amides is 1. The van der Waals surface area contributed by atoms with Crippen LogP contribution in [0.2, 0.25) is 0 Å². The molecule has 0 unspecified atom stereocenters. The molecule has 0 spiro atoms. The molecule has 1 atom stereocenters. The number of pyridine rings is 1. The molecule has 4 nitrogen and oxygen atoms in total. The van der Waals surface area contributed by atoms with E-state index in [9.17, 15) is 4.79 Å². The number of likely N-dealkylation sites (tertiary alicyclic amines) is 1. The molecule has 1 aliphatic rings. The molecule has 4 heteroatoms. The molecule has 2 N–H and O–H groups in total. The first kappa shape index (κ1) is 13.0. The number of carbonyl (C=O) groups is 1. The molecular weight excluding hydrogens is 226 g/mol. The number of hydrogen-bond donors (Lipinski definition) is 1. The van der Waals surface area contributed by atoms with Crippen LogP contribution in [0.4, 0.5) is 0 Å². The lowest BCUT2D eigenvalue weighted by molar-refractivity contribution is 0.0785. The molecule has 1 fully saturated rings. The summed E-state index contributed by atoms with van der Waals surface area (Å²) in [5, 5.41) is 0. The smallest absolute Gasteiger partial charge is 0.255 e. The Morgan fingerprint density at radius 3 is 2.89 bits per heavy atom. The summed E-state index contributed by atoms with van der Waals surface area (Å²) in [6, 6.07) is 3.69. The summed E-state index contributed by atoms with van der Waals surface area (Å²) >= 11 is 0. The van der Waals surface area contributed by atoms with E-state index in [1.165, 1.54) is 0 Å². The predicted octanol–water partition coefficient (Wildman–Crippen LogP) is 1.72. The van der Waals surface area contributed by atoms with Crippen LogP contribution in [0.25, 0.3) is 0 Å². The summed E-state index contributed by atoms with van der Waals surface area (Å²) in [4.78, 5) is 18.7. The molecule has 1 amide bonds. The van der Waals surface area contributed by atoms with Crippen molar-refractivity contribution in [2.45, 2.75) is 33.2 Å². The van der Waals surface area contributed by atoms with Gasteiger partial charge in [0.25, 0.3) is 5.91 Å². The van der Waals surface area contributed by atoms with Gasteiger partial charge in [0, 0.05) is 19.6 Å². The van der Waals surface area contributed by atoms with Gasteiger partial charge in [-0.1, -0.05) is 13.3 Å². The van der Waals surface area contributed by atoms with Crippen LogP contribution in [0, 0.1) is 12.8 Å². The molecule has 0 aliphatic carbocycles. The average molecular weight is 247 g/mol. The van der Waals surface area contributed by atoms with Crippen molar-refractivity contribution in [1.29, 1.82) is 0 Å². The van der Waals surface area contributed by atoms with Crippen LogP contribution < -0.4 is 5.73 Å². The number of aryl methyl sites for hydroxylation is 1. The Balaban J connectivity index is 2.14. The molecule has 1 aromatic heterocycles. The number of carbonyl (C=O) groups excluding carboxylic acids is 1. The maximum absolute atomic E-state index is 12.4. The van der Waals surface area contributed by atoms with Crippen LogP contribution in [-0.2, 0) is 6.54 Å². The maximum atomic E-state index is 12.4. The normalized spacial score (nSPS) is 19.3. The lowest BCUT2D eigenvalue weighted by Gasteiger charge is -2.17. The van der Waals surface area contributed by atoms with E-state index in [0.29, 0.717) is 18.0 Å². The van der Waals surface area contributed by atoms with E-state index in [1.54, 1.807) is 0 Å². The number of rotatable bonds is 3. The number of hydrogen-bond acceptors (Lipinski definition) is 3. The van der Waals surface area contributed by atoms with Crippen molar-refractivity contribution in [3.05, 3.63) is 29.1 Å². The molecule has 0 bridgehead atoms. The SMILES string of the molecule is CC[C@H]1CCN(C(=O)c2ccc(CN)nc2C)C1. The largest absolute Gasteiger partial charge is 0.338 e. The molecule has 0 radical (unpaired) electrons. The topological polar surface area (TPSA) is 59.2 Å². The zero-order valence-corrected chi connectivity index (χ0v) is 11.1. The highest BCUT2D eigenvalue weighted by atomic mass is 16.2. The van der Waals surface area contributed by atoms with Crippen LogP contribution in [0.5, 0.6) is 0 Å². The number of nitrogens with two attached hydrogens (primary N) is 1. The van der Waals surface area contributed by atoms with Crippen molar-refractivity contribution in [2.24, 2.45) is 11.7 Å². The highest BCUT2D eigenvalue weighted by Gasteiger charge is 2.26. The zero-order chi connectivity index (χ0) is 13.1. The Hall–Kier alpha value is -1.42. The zero-order valence-electron chi connectivity index (χ0n) is 11.1. The van der Waals surface area contributed by atoms with Gasteiger partial charge in [0.15, 0.2) is 0 Å². The first-order chi connectivity index (χ1) is 8.65. The third-order valence-corrected chi connectivity index (χ3v) is 3.73. The molecular formula is C14H21N3O. The highest BCUT2D eigenvalue weighted by molar-refractivity contribution is 5.95. The molecule has 2 rings (SSSR count). The second kappa shape index (κ2) is 5.48. The first-order valence-corrected chi connectivity index (χ1v) is 6.61. The third-order valence-electron chi connectivity index (χ3n) is 3.73. The quantitative estimate of drug-likeness (QED) is 0.884. The Labute approximate surface area is 108 Å². The summed E-state index contributed by atoms with van der Waals surface area (Å²) in [6.07, 6.45) is 2.27. The Kier molecular flexibility index (Phi) is 3.97. The van der Waals surface area contributed by atoms with Gasteiger partial charge < -0.3 is 10.6 Å². The summed E-state index contributed by atoms with van der Waals surface area (Å²) in [7, 11) is 0. The minimum Gasteiger partial charge on any atom is -0.338 e. The molecule has 98 valence electrons. The maximum Gasteiger partial charge on any atom is 0.255 e. The second-order valence-corrected chi connectivity index (χ2v) is 4.95. The Morgan fingerprint density at radius 2 is 2.33 bits per heavy atom. The fourth-order valence-electron chi connectivity index (χ4n) is 2.47. The molecule has 1 aliphatic heterocycles. The van der Waals surface area contributed by atoms with Gasteiger partial charge in [-0.2, -0.15) is 0 Å². The van der Waals surface area contributed by atoms with E-state index in [1.807, 2.05) is 24.0 Å². The van der Waals surface area contributed by atoms with Crippen LogP contribution in [0.1, 0.15) is 41.5 Å². The minimum atomic E-state index is 0.111. The molecule has 1 saturated heterocycles. The van der Waals surface area contributed by atoms with Gasteiger partial charge >= 0.3 is 0 Å². The summed E-state index contributed by atoms with van der Waals surface area (Å²) in [6.45, 7) is 6.22. The summed E-state index contributed by atoms with van der Waals surface area (Å²) in [5.74, 6) is 0.769. The summed E-state index contributed by atoms with van der Waals surface area (Å²) < 4.78 is 0. The molecule has 1 aromatic rings.